The Morgan fingerprint density at radius 2 is 2.25 bits per heavy atom. The summed E-state index contributed by atoms with van der Waals surface area (Å²) in [5.41, 5.74) is 1.20. The predicted molar refractivity (Wildman–Crippen MR) is 61.7 cm³/mol. The SMILES string of the molecule is CC1CC(NCc2ccncc2)CC(=O)N1. The number of rotatable bonds is 3. The molecule has 1 aliphatic rings. The Balaban J connectivity index is 1.84. The van der Waals surface area contributed by atoms with Gasteiger partial charge in [-0.2, -0.15) is 0 Å². The van der Waals surface area contributed by atoms with Crippen molar-refractivity contribution in [3.8, 4) is 0 Å². The van der Waals surface area contributed by atoms with Crippen LogP contribution in [0.5, 0.6) is 0 Å². The van der Waals surface area contributed by atoms with Gasteiger partial charge in [0.15, 0.2) is 0 Å². The number of hydrogen-bond donors (Lipinski definition) is 2. The second kappa shape index (κ2) is 5.07. The predicted octanol–water partition coefficient (Wildman–Crippen LogP) is 0.838. The number of pyridine rings is 1. The van der Waals surface area contributed by atoms with Crippen molar-refractivity contribution >= 4 is 5.91 Å². The van der Waals surface area contributed by atoms with Crippen molar-refractivity contribution in [2.24, 2.45) is 0 Å². The van der Waals surface area contributed by atoms with Crippen LogP contribution in [0.4, 0.5) is 0 Å². The monoisotopic (exact) mass is 219 g/mol. The van der Waals surface area contributed by atoms with Gasteiger partial charge < -0.3 is 10.6 Å². The Kier molecular flexibility index (Phi) is 3.51. The number of nitrogens with zero attached hydrogens (tertiary/aromatic N) is 1. The lowest BCUT2D eigenvalue weighted by atomic mass is 10.00. The third-order valence-corrected chi connectivity index (χ3v) is 2.82. The van der Waals surface area contributed by atoms with Gasteiger partial charge in [0.1, 0.15) is 0 Å². The molecule has 1 fully saturated rings. The number of aromatic nitrogens is 1. The number of hydrogen-bond acceptors (Lipinski definition) is 3. The summed E-state index contributed by atoms with van der Waals surface area (Å²) in [4.78, 5) is 15.3. The van der Waals surface area contributed by atoms with Crippen molar-refractivity contribution in [1.29, 1.82) is 0 Å². The van der Waals surface area contributed by atoms with Crippen LogP contribution in [0.15, 0.2) is 24.5 Å². The van der Waals surface area contributed by atoms with E-state index >= 15 is 0 Å². The molecule has 0 aromatic carbocycles. The van der Waals surface area contributed by atoms with Crippen LogP contribution in [0.25, 0.3) is 0 Å². The molecule has 2 unspecified atom stereocenters. The highest BCUT2D eigenvalue weighted by atomic mass is 16.1. The highest BCUT2D eigenvalue weighted by Crippen LogP contribution is 2.10. The maximum absolute atomic E-state index is 11.3. The summed E-state index contributed by atoms with van der Waals surface area (Å²) >= 11 is 0. The van der Waals surface area contributed by atoms with Crippen LogP contribution in [0.3, 0.4) is 0 Å². The molecular weight excluding hydrogens is 202 g/mol. The molecule has 1 amide bonds. The maximum atomic E-state index is 11.3. The van der Waals surface area contributed by atoms with E-state index in [4.69, 9.17) is 0 Å². The van der Waals surface area contributed by atoms with Gasteiger partial charge in [-0.25, -0.2) is 0 Å². The van der Waals surface area contributed by atoms with Gasteiger partial charge in [0, 0.05) is 37.4 Å². The highest BCUT2D eigenvalue weighted by Gasteiger charge is 2.22. The van der Waals surface area contributed by atoms with E-state index in [1.54, 1.807) is 12.4 Å². The van der Waals surface area contributed by atoms with Crippen molar-refractivity contribution in [3.05, 3.63) is 30.1 Å². The van der Waals surface area contributed by atoms with Gasteiger partial charge in [0.05, 0.1) is 0 Å². The van der Waals surface area contributed by atoms with Crippen molar-refractivity contribution < 1.29 is 4.79 Å². The summed E-state index contributed by atoms with van der Waals surface area (Å²) in [6.07, 6.45) is 5.15. The molecule has 1 aromatic heterocycles. The second-order valence-electron chi connectivity index (χ2n) is 4.34. The first kappa shape index (κ1) is 11.1. The summed E-state index contributed by atoms with van der Waals surface area (Å²) in [5, 5.41) is 6.33. The molecule has 0 aliphatic carbocycles. The van der Waals surface area contributed by atoms with Crippen LogP contribution in [0, 0.1) is 0 Å². The summed E-state index contributed by atoms with van der Waals surface area (Å²) in [6.45, 7) is 2.84. The quantitative estimate of drug-likeness (QED) is 0.792. The molecule has 1 aliphatic heterocycles. The van der Waals surface area contributed by atoms with E-state index in [9.17, 15) is 4.79 Å². The van der Waals surface area contributed by atoms with Crippen molar-refractivity contribution in [1.82, 2.24) is 15.6 Å². The smallest absolute Gasteiger partial charge is 0.221 e. The Labute approximate surface area is 95.5 Å². The lowest BCUT2D eigenvalue weighted by molar-refractivity contribution is -0.123. The van der Waals surface area contributed by atoms with Crippen LogP contribution in [-0.4, -0.2) is 23.0 Å². The number of nitrogens with one attached hydrogen (secondary N) is 2. The second-order valence-corrected chi connectivity index (χ2v) is 4.34. The minimum absolute atomic E-state index is 0.144. The molecule has 2 heterocycles. The molecule has 86 valence electrons. The molecular formula is C12H17N3O. The molecule has 1 aromatic rings. The molecule has 2 N–H and O–H groups in total. The topological polar surface area (TPSA) is 54.0 Å². The zero-order chi connectivity index (χ0) is 11.4. The average molecular weight is 219 g/mol. The van der Waals surface area contributed by atoms with E-state index in [0.29, 0.717) is 6.42 Å². The molecule has 0 saturated carbocycles. The molecule has 0 spiro atoms. The lowest BCUT2D eigenvalue weighted by Crippen LogP contribution is -2.47. The fourth-order valence-corrected chi connectivity index (χ4v) is 2.04. The molecule has 4 nitrogen and oxygen atoms in total. The molecule has 2 atom stereocenters. The Morgan fingerprint density at radius 3 is 2.94 bits per heavy atom. The third-order valence-electron chi connectivity index (χ3n) is 2.82. The minimum Gasteiger partial charge on any atom is -0.354 e. The zero-order valence-corrected chi connectivity index (χ0v) is 9.44. The Hall–Kier alpha value is -1.42. The standard InChI is InChI=1S/C12H17N3O/c1-9-6-11(7-12(16)15-9)14-8-10-2-4-13-5-3-10/h2-5,9,11,14H,6-8H2,1H3,(H,15,16). The number of piperidine rings is 1. The number of carbonyl (C=O) groups is 1. The fraction of sp³-hybridized carbons (Fsp3) is 0.500. The fourth-order valence-electron chi connectivity index (χ4n) is 2.04. The van der Waals surface area contributed by atoms with Gasteiger partial charge in [-0.1, -0.05) is 0 Å². The first-order valence-electron chi connectivity index (χ1n) is 5.65. The Morgan fingerprint density at radius 1 is 1.50 bits per heavy atom. The number of carbonyl (C=O) groups excluding carboxylic acids is 1. The van der Waals surface area contributed by atoms with Gasteiger partial charge in [-0.15, -0.1) is 0 Å². The van der Waals surface area contributed by atoms with Crippen LogP contribution < -0.4 is 10.6 Å². The normalized spacial score (nSPS) is 25.2. The first-order chi connectivity index (χ1) is 7.74. The zero-order valence-electron chi connectivity index (χ0n) is 9.44. The van der Waals surface area contributed by atoms with Crippen LogP contribution in [0.1, 0.15) is 25.3 Å². The van der Waals surface area contributed by atoms with Crippen molar-refractivity contribution in [2.45, 2.75) is 38.4 Å². The molecule has 4 heteroatoms. The van der Waals surface area contributed by atoms with Crippen LogP contribution >= 0.6 is 0 Å². The van der Waals surface area contributed by atoms with Crippen LogP contribution in [-0.2, 0) is 11.3 Å². The maximum Gasteiger partial charge on any atom is 0.221 e. The van der Waals surface area contributed by atoms with E-state index in [1.165, 1.54) is 5.56 Å². The summed E-state index contributed by atoms with van der Waals surface area (Å²) in [7, 11) is 0. The first-order valence-corrected chi connectivity index (χ1v) is 5.65. The molecule has 0 radical (unpaired) electrons. The molecule has 1 saturated heterocycles. The molecule has 2 rings (SSSR count). The third kappa shape index (κ3) is 3.03. The molecule has 0 bridgehead atoms. The molecule has 16 heavy (non-hydrogen) atoms. The number of amides is 1. The average Bonchev–Trinajstić information content (AvgIpc) is 2.27. The highest BCUT2D eigenvalue weighted by molar-refractivity contribution is 5.77. The summed E-state index contributed by atoms with van der Waals surface area (Å²) in [6, 6.07) is 4.53. The Bertz CT molecular complexity index is 353. The van der Waals surface area contributed by atoms with Crippen molar-refractivity contribution in [3.63, 3.8) is 0 Å². The minimum atomic E-state index is 0.144. The van der Waals surface area contributed by atoms with Gasteiger partial charge in [0.25, 0.3) is 0 Å². The van der Waals surface area contributed by atoms with Crippen LogP contribution in [0.2, 0.25) is 0 Å². The largest absolute Gasteiger partial charge is 0.354 e. The van der Waals surface area contributed by atoms with Gasteiger partial charge >= 0.3 is 0 Å². The van der Waals surface area contributed by atoms with Gasteiger partial charge in [-0.05, 0) is 31.0 Å². The van der Waals surface area contributed by atoms with E-state index in [-0.39, 0.29) is 18.0 Å². The van der Waals surface area contributed by atoms with E-state index in [2.05, 4.69) is 15.6 Å². The summed E-state index contributed by atoms with van der Waals surface area (Å²) < 4.78 is 0. The van der Waals surface area contributed by atoms with Gasteiger partial charge in [-0.3, -0.25) is 9.78 Å². The van der Waals surface area contributed by atoms with E-state index in [1.807, 2.05) is 19.1 Å². The van der Waals surface area contributed by atoms with E-state index < -0.39 is 0 Å². The van der Waals surface area contributed by atoms with Crippen molar-refractivity contribution in [2.75, 3.05) is 0 Å². The van der Waals surface area contributed by atoms with E-state index in [0.717, 1.165) is 13.0 Å². The van der Waals surface area contributed by atoms with Gasteiger partial charge in [0.2, 0.25) is 5.91 Å². The summed E-state index contributed by atoms with van der Waals surface area (Å²) in [5.74, 6) is 0.144. The lowest BCUT2D eigenvalue weighted by Gasteiger charge is -2.28.